The van der Waals surface area contributed by atoms with Crippen molar-refractivity contribution in [1.29, 1.82) is 0 Å². The van der Waals surface area contributed by atoms with Crippen molar-refractivity contribution in [3.63, 3.8) is 0 Å². The topological polar surface area (TPSA) is 177 Å². The van der Waals surface area contributed by atoms with E-state index in [4.69, 9.17) is 29.6 Å². The van der Waals surface area contributed by atoms with Crippen LogP contribution < -0.4 is 22.1 Å². The van der Waals surface area contributed by atoms with Crippen molar-refractivity contribution in [1.82, 2.24) is 16.2 Å². The fraction of sp³-hybridized carbons (Fsp3) is 0.489. The Morgan fingerprint density at radius 1 is 0.817 bits per heavy atom. The molecule has 3 unspecified atom stereocenters. The number of nitrogens with one attached hydrogen (secondary N) is 3. The van der Waals surface area contributed by atoms with Gasteiger partial charge in [-0.05, 0) is 85.6 Å². The molecule has 0 radical (unpaired) electrons. The molecule has 322 valence electrons. The highest BCUT2D eigenvalue weighted by molar-refractivity contribution is 6.00. The second kappa shape index (κ2) is 21.6. The fourth-order valence-electron chi connectivity index (χ4n) is 8.77. The zero-order chi connectivity index (χ0) is 42.5. The first kappa shape index (κ1) is 44.6. The quantitative estimate of drug-likeness (QED) is 0.0562. The number of ether oxygens (including phenoxy) is 4. The molecule has 13 heteroatoms. The number of nitrogens with two attached hydrogens (primary N) is 1. The van der Waals surface area contributed by atoms with Crippen LogP contribution in [0.25, 0.3) is 17.2 Å². The molecule has 6 atom stereocenters. The summed E-state index contributed by atoms with van der Waals surface area (Å²) in [6.45, 7) is 6.44. The van der Waals surface area contributed by atoms with Crippen molar-refractivity contribution in [2.75, 3.05) is 26.4 Å². The van der Waals surface area contributed by atoms with E-state index in [1.165, 1.54) is 0 Å². The standard InChI is InChI=1S/C47H60N4O9/c1-31(2)29-38(44(53)50-48)42(45(54)51-60-41-22-12-14-27-57-41)47(24-23-33-15-5-4-6-16-33,25-28-58-40-21-11-13-26-56-40)43(52)32(3)49-46(55)59-30-39-36-19-9-7-17-34(36)35-18-8-10-20-37(35)39/h4-10,15-20,23-24,31-32,38-42H,11-14,21-22,25-30,48H2,1-3H3,(H,49,55)(H,50,53)(H,51,54)/b24-23+/t32-,38-,40?,41?,42-,47?/m1/s1. The van der Waals surface area contributed by atoms with Crippen LogP contribution in [0.4, 0.5) is 4.79 Å². The molecule has 0 aromatic heterocycles. The third-order valence-corrected chi connectivity index (χ3v) is 11.7. The third kappa shape index (κ3) is 11.1. The van der Waals surface area contributed by atoms with Crippen molar-refractivity contribution in [3.05, 3.63) is 102 Å². The number of rotatable bonds is 19. The summed E-state index contributed by atoms with van der Waals surface area (Å²) in [5, 5.41) is 2.78. The van der Waals surface area contributed by atoms with E-state index in [-0.39, 0.29) is 37.9 Å². The van der Waals surface area contributed by atoms with Crippen molar-refractivity contribution in [3.8, 4) is 11.1 Å². The number of carbonyl (C=O) groups is 4. The maximum atomic E-state index is 15.5. The van der Waals surface area contributed by atoms with Crippen LogP contribution in [0, 0.1) is 23.2 Å². The van der Waals surface area contributed by atoms with E-state index >= 15 is 4.79 Å². The molecule has 13 nitrogen and oxygen atoms in total. The summed E-state index contributed by atoms with van der Waals surface area (Å²) in [5.41, 5.74) is 8.08. The first-order valence-corrected chi connectivity index (χ1v) is 21.3. The summed E-state index contributed by atoms with van der Waals surface area (Å²) in [6.07, 6.45) is 6.32. The van der Waals surface area contributed by atoms with Crippen LogP contribution in [0.2, 0.25) is 0 Å². The van der Waals surface area contributed by atoms with Gasteiger partial charge in [0.15, 0.2) is 18.4 Å². The van der Waals surface area contributed by atoms with Crippen LogP contribution in [0.5, 0.6) is 0 Å². The van der Waals surface area contributed by atoms with Gasteiger partial charge in [-0.15, -0.1) is 0 Å². The fourth-order valence-corrected chi connectivity index (χ4v) is 8.77. The van der Waals surface area contributed by atoms with Crippen molar-refractivity contribution >= 4 is 29.8 Å². The Labute approximate surface area is 353 Å². The maximum Gasteiger partial charge on any atom is 0.407 e. The Kier molecular flexibility index (Phi) is 16.0. The summed E-state index contributed by atoms with van der Waals surface area (Å²) in [4.78, 5) is 63.9. The maximum absolute atomic E-state index is 15.5. The number of hydrazine groups is 1. The van der Waals surface area contributed by atoms with E-state index in [0.29, 0.717) is 26.1 Å². The molecule has 2 saturated heterocycles. The molecule has 3 aromatic rings. The van der Waals surface area contributed by atoms with Gasteiger partial charge in [0.1, 0.15) is 6.61 Å². The Morgan fingerprint density at radius 2 is 1.43 bits per heavy atom. The second-order valence-corrected chi connectivity index (χ2v) is 16.4. The van der Waals surface area contributed by atoms with Crippen molar-refractivity contribution in [2.24, 2.45) is 29.0 Å². The minimum atomic E-state index is -1.78. The number of benzene rings is 3. The highest BCUT2D eigenvalue weighted by Gasteiger charge is 2.54. The molecule has 60 heavy (non-hydrogen) atoms. The number of amides is 3. The number of hydrogen-bond acceptors (Lipinski definition) is 10. The number of hydrogen-bond donors (Lipinski definition) is 4. The predicted molar refractivity (Wildman–Crippen MR) is 226 cm³/mol. The summed E-state index contributed by atoms with van der Waals surface area (Å²) in [7, 11) is 0. The summed E-state index contributed by atoms with van der Waals surface area (Å²) in [5.74, 6) is 1.13. The molecule has 0 bridgehead atoms. The van der Waals surface area contributed by atoms with Crippen LogP contribution in [-0.2, 0) is 38.2 Å². The van der Waals surface area contributed by atoms with Gasteiger partial charge in [0.2, 0.25) is 11.8 Å². The van der Waals surface area contributed by atoms with Crippen LogP contribution in [0.15, 0.2) is 84.9 Å². The van der Waals surface area contributed by atoms with E-state index in [0.717, 1.165) is 53.5 Å². The highest BCUT2D eigenvalue weighted by Crippen LogP contribution is 2.46. The Hall–Kier alpha value is -4.92. The van der Waals surface area contributed by atoms with Gasteiger partial charge in [0.25, 0.3) is 0 Å². The second-order valence-electron chi connectivity index (χ2n) is 16.4. The summed E-state index contributed by atoms with van der Waals surface area (Å²) >= 11 is 0. The zero-order valence-electron chi connectivity index (χ0n) is 34.9. The van der Waals surface area contributed by atoms with Crippen LogP contribution >= 0.6 is 0 Å². The van der Waals surface area contributed by atoms with E-state index in [1.807, 2.05) is 80.6 Å². The van der Waals surface area contributed by atoms with Crippen LogP contribution in [0.3, 0.4) is 0 Å². The molecule has 0 spiro atoms. The van der Waals surface area contributed by atoms with E-state index in [2.05, 4.69) is 28.4 Å². The largest absolute Gasteiger partial charge is 0.449 e. The third-order valence-electron chi connectivity index (χ3n) is 11.7. The lowest BCUT2D eigenvalue weighted by Crippen LogP contribution is -2.58. The van der Waals surface area contributed by atoms with Gasteiger partial charge in [-0.1, -0.05) is 105 Å². The molecular formula is C47H60N4O9. The van der Waals surface area contributed by atoms with Crippen LogP contribution in [-0.4, -0.2) is 68.7 Å². The summed E-state index contributed by atoms with van der Waals surface area (Å²) in [6, 6.07) is 24.2. The number of carbonyl (C=O) groups excluding carboxylic acids is 4. The molecule has 3 aliphatic rings. The minimum absolute atomic E-state index is 0.0117. The first-order chi connectivity index (χ1) is 29.1. The lowest BCUT2D eigenvalue weighted by atomic mass is 9.61. The number of allylic oxidation sites excluding steroid dienone is 1. The zero-order valence-corrected chi connectivity index (χ0v) is 34.9. The number of Topliss-reactive ketones (excluding diaryl/α,β-unsaturated/α-hetero) is 1. The van der Waals surface area contributed by atoms with Gasteiger partial charge in [0.05, 0.1) is 29.9 Å². The Bertz CT molecular complexity index is 1880. The van der Waals surface area contributed by atoms with Gasteiger partial charge in [0, 0.05) is 25.6 Å². The molecular weight excluding hydrogens is 765 g/mol. The lowest BCUT2D eigenvalue weighted by molar-refractivity contribution is -0.205. The predicted octanol–water partition coefficient (Wildman–Crippen LogP) is 6.96. The van der Waals surface area contributed by atoms with Gasteiger partial charge < -0.3 is 24.3 Å². The van der Waals surface area contributed by atoms with Gasteiger partial charge in [-0.25, -0.2) is 21.0 Å². The summed E-state index contributed by atoms with van der Waals surface area (Å²) < 4.78 is 23.7. The molecule has 2 heterocycles. The molecule has 0 saturated carbocycles. The van der Waals surface area contributed by atoms with E-state index in [1.54, 1.807) is 19.1 Å². The molecule has 2 aliphatic heterocycles. The highest BCUT2D eigenvalue weighted by atomic mass is 16.8. The molecule has 5 N–H and O–H groups in total. The Morgan fingerprint density at radius 3 is 2.03 bits per heavy atom. The molecule has 1 aliphatic carbocycles. The van der Waals surface area contributed by atoms with Crippen LogP contribution in [0.1, 0.15) is 94.7 Å². The number of ketones is 1. The molecule has 2 fully saturated rings. The average molecular weight is 825 g/mol. The normalized spacial score (nSPS) is 20.3. The van der Waals surface area contributed by atoms with Crippen molar-refractivity contribution in [2.45, 2.75) is 96.7 Å². The minimum Gasteiger partial charge on any atom is -0.449 e. The SMILES string of the molecule is CC(C)C[C@@H](C(=O)NN)[C@H](C(=O)NOC1CCCCO1)C(/C=C/c1ccccc1)(CCOC1CCCCO1)C(=O)[C@@H](C)NC(=O)OCC1c2ccccc2-c2ccccc21. The van der Waals surface area contributed by atoms with Gasteiger partial charge in [-0.3, -0.25) is 19.8 Å². The lowest BCUT2D eigenvalue weighted by Gasteiger charge is -2.42. The smallest absolute Gasteiger partial charge is 0.407 e. The van der Waals surface area contributed by atoms with Gasteiger partial charge in [-0.2, -0.15) is 0 Å². The molecule has 3 amide bonds. The molecule has 6 rings (SSSR count). The number of fused-ring (bicyclic) bond motifs is 3. The average Bonchev–Trinajstić information content (AvgIpc) is 3.60. The number of hydroxylamine groups is 1. The van der Waals surface area contributed by atoms with Crippen molar-refractivity contribution < 1.29 is 43.0 Å². The number of alkyl carbamates (subject to hydrolysis) is 1. The Balaban J connectivity index is 1.36. The van der Waals surface area contributed by atoms with E-state index in [9.17, 15) is 14.4 Å². The first-order valence-electron chi connectivity index (χ1n) is 21.3. The molecule has 3 aromatic carbocycles. The monoisotopic (exact) mass is 824 g/mol. The van der Waals surface area contributed by atoms with E-state index < -0.39 is 59.6 Å². The van der Waals surface area contributed by atoms with Gasteiger partial charge >= 0.3 is 6.09 Å².